The number of halogens is 1. The van der Waals surface area contributed by atoms with Crippen LogP contribution in [0.3, 0.4) is 0 Å². The predicted molar refractivity (Wildman–Crippen MR) is 61.7 cm³/mol. The van der Waals surface area contributed by atoms with E-state index < -0.39 is 0 Å². The van der Waals surface area contributed by atoms with E-state index in [0.29, 0.717) is 0 Å². The summed E-state index contributed by atoms with van der Waals surface area (Å²) in [5.74, 6) is 0.174. The monoisotopic (exact) mass is 268 g/mol. The van der Waals surface area contributed by atoms with Crippen LogP contribution in [0, 0.1) is 0 Å². The number of alkyl halides is 1. The third-order valence-electron chi connectivity index (χ3n) is 2.76. The molecule has 0 saturated carbocycles. The summed E-state index contributed by atoms with van der Waals surface area (Å²) in [7, 11) is 0. The molecule has 1 saturated heterocycles. The number of likely N-dealkylation sites (tertiary alicyclic amines) is 1. The Bertz CT molecular complexity index is 355. The normalized spacial score (nSPS) is 23.2. The van der Waals surface area contributed by atoms with Gasteiger partial charge in [0.05, 0.1) is 16.6 Å². The number of nitrogens with zero attached hydrogens (tertiary/aromatic N) is 2. The highest BCUT2D eigenvalue weighted by Gasteiger charge is 2.33. The summed E-state index contributed by atoms with van der Waals surface area (Å²) in [6.07, 6.45) is 2.65. The molecule has 0 N–H and O–H groups in total. The molecule has 3 nitrogen and oxygen atoms in total. The lowest BCUT2D eigenvalue weighted by atomic mass is 10.2. The number of aromatic nitrogens is 1. The highest BCUT2D eigenvalue weighted by Crippen LogP contribution is 2.27. The molecule has 1 aromatic rings. The zero-order valence-electron chi connectivity index (χ0n) is 8.56. The van der Waals surface area contributed by atoms with Crippen LogP contribution >= 0.6 is 15.9 Å². The molecule has 1 aliphatic rings. The van der Waals surface area contributed by atoms with E-state index in [2.05, 4.69) is 20.9 Å². The highest BCUT2D eigenvalue weighted by atomic mass is 79.9. The van der Waals surface area contributed by atoms with Crippen molar-refractivity contribution in [1.29, 1.82) is 0 Å². The summed E-state index contributed by atoms with van der Waals surface area (Å²) in [4.78, 5) is 17.9. The van der Waals surface area contributed by atoms with Crippen LogP contribution < -0.4 is 0 Å². The molecule has 1 aromatic heterocycles. The molecule has 0 radical (unpaired) electrons. The van der Waals surface area contributed by atoms with Gasteiger partial charge in [0, 0.05) is 12.7 Å². The molecule has 0 aromatic carbocycles. The Labute approximate surface area is 97.6 Å². The highest BCUT2D eigenvalue weighted by molar-refractivity contribution is 9.10. The van der Waals surface area contributed by atoms with Gasteiger partial charge in [-0.3, -0.25) is 9.78 Å². The largest absolute Gasteiger partial charge is 0.333 e. The minimum absolute atomic E-state index is 0.0105. The van der Waals surface area contributed by atoms with Crippen molar-refractivity contribution in [1.82, 2.24) is 9.88 Å². The van der Waals surface area contributed by atoms with Gasteiger partial charge in [0.2, 0.25) is 5.91 Å². The molecule has 80 valence electrons. The summed E-state index contributed by atoms with van der Waals surface area (Å²) >= 11 is 3.37. The van der Waals surface area contributed by atoms with Crippen LogP contribution in [0.25, 0.3) is 0 Å². The SMILES string of the molecule is CC(c1ccccn1)N1CCC(Br)C1=O. The molecule has 0 aliphatic carbocycles. The van der Waals surface area contributed by atoms with Crippen molar-refractivity contribution in [3.8, 4) is 0 Å². The third kappa shape index (κ3) is 2.04. The van der Waals surface area contributed by atoms with E-state index in [1.54, 1.807) is 6.20 Å². The Kier molecular flexibility index (Phi) is 3.05. The van der Waals surface area contributed by atoms with Crippen molar-refractivity contribution in [2.24, 2.45) is 0 Å². The third-order valence-corrected chi connectivity index (χ3v) is 3.61. The van der Waals surface area contributed by atoms with E-state index in [1.807, 2.05) is 30.0 Å². The predicted octanol–water partition coefficient (Wildman–Crippen LogP) is 2.14. The molecule has 1 fully saturated rings. The molecule has 15 heavy (non-hydrogen) atoms. The van der Waals surface area contributed by atoms with E-state index in [-0.39, 0.29) is 16.8 Å². The Morgan fingerprint density at radius 3 is 2.93 bits per heavy atom. The van der Waals surface area contributed by atoms with E-state index in [4.69, 9.17) is 0 Å². The van der Waals surface area contributed by atoms with Crippen molar-refractivity contribution in [3.63, 3.8) is 0 Å². The molecule has 1 aliphatic heterocycles. The first-order chi connectivity index (χ1) is 7.20. The molecule has 0 spiro atoms. The standard InChI is InChI=1S/C11H13BrN2O/c1-8(10-4-2-3-6-13-10)14-7-5-9(12)11(14)15/h2-4,6,8-9H,5,7H2,1H3. The van der Waals surface area contributed by atoms with Gasteiger partial charge in [0.15, 0.2) is 0 Å². The van der Waals surface area contributed by atoms with Gasteiger partial charge in [-0.25, -0.2) is 0 Å². The second kappa shape index (κ2) is 4.31. The van der Waals surface area contributed by atoms with Crippen LogP contribution in [0.15, 0.2) is 24.4 Å². The molecule has 2 atom stereocenters. The summed E-state index contributed by atoms with van der Waals surface area (Å²) in [6.45, 7) is 2.83. The maximum atomic E-state index is 11.8. The van der Waals surface area contributed by atoms with Gasteiger partial charge in [0.1, 0.15) is 0 Å². The molecular formula is C11H13BrN2O. The van der Waals surface area contributed by atoms with Gasteiger partial charge in [-0.15, -0.1) is 0 Å². The summed E-state index contributed by atoms with van der Waals surface area (Å²) < 4.78 is 0. The average molecular weight is 269 g/mol. The zero-order chi connectivity index (χ0) is 10.8. The average Bonchev–Trinajstić information content (AvgIpc) is 2.60. The van der Waals surface area contributed by atoms with E-state index in [1.165, 1.54) is 0 Å². The van der Waals surface area contributed by atoms with Crippen LogP contribution in [-0.4, -0.2) is 27.2 Å². The van der Waals surface area contributed by atoms with Crippen LogP contribution in [0.1, 0.15) is 25.1 Å². The Hall–Kier alpha value is -0.900. The molecule has 2 heterocycles. The second-order valence-electron chi connectivity index (χ2n) is 3.72. The van der Waals surface area contributed by atoms with Crippen LogP contribution in [0.5, 0.6) is 0 Å². The maximum absolute atomic E-state index is 11.8. The van der Waals surface area contributed by atoms with Crippen LogP contribution in [0.2, 0.25) is 0 Å². The molecule has 4 heteroatoms. The number of pyridine rings is 1. The Morgan fingerprint density at radius 2 is 2.40 bits per heavy atom. The summed E-state index contributed by atoms with van der Waals surface area (Å²) in [6, 6.07) is 5.86. The van der Waals surface area contributed by atoms with E-state index in [0.717, 1.165) is 18.7 Å². The van der Waals surface area contributed by atoms with Crippen molar-refractivity contribution < 1.29 is 4.79 Å². The number of amides is 1. The van der Waals surface area contributed by atoms with Gasteiger partial charge in [0.25, 0.3) is 0 Å². The van der Waals surface area contributed by atoms with Gasteiger partial charge in [-0.2, -0.15) is 0 Å². The lowest BCUT2D eigenvalue weighted by molar-refractivity contribution is -0.129. The second-order valence-corrected chi connectivity index (χ2v) is 4.82. The fourth-order valence-electron chi connectivity index (χ4n) is 1.83. The molecular weight excluding hydrogens is 256 g/mol. The minimum atomic E-state index is -0.0105. The summed E-state index contributed by atoms with van der Waals surface area (Å²) in [5, 5.41) is 0. The smallest absolute Gasteiger partial charge is 0.236 e. The van der Waals surface area contributed by atoms with Crippen molar-refractivity contribution >= 4 is 21.8 Å². The number of carbonyl (C=O) groups is 1. The fraction of sp³-hybridized carbons (Fsp3) is 0.455. The number of carbonyl (C=O) groups excluding carboxylic acids is 1. The first-order valence-electron chi connectivity index (χ1n) is 5.05. The van der Waals surface area contributed by atoms with E-state index >= 15 is 0 Å². The minimum Gasteiger partial charge on any atom is -0.333 e. The van der Waals surface area contributed by atoms with Crippen molar-refractivity contribution in [2.75, 3.05) is 6.54 Å². The first kappa shape index (κ1) is 10.6. The number of hydrogen-bond acceptors (Lipinski definition) is 2. The van der Waals surface area contributed by atoms with Gasteiger partial charge < -0.3 is 4.90 Å². The van der Waals surface area contributed by atoms with Gasteiger partial charge in [-0.05, 0) is 25.5 Å². The topological polar surface area (TPSA) is 33.2 Å². The zero-order valence-corrected chi connectivity index (χ0v) is 10.1. The van der Waals surface area contributed by atoms with Crippen LogP contribution in [-0.2, 0) is 4.79 Å². The number of rotatable bonds is 2. The van der Waals surface area contributed by atoms with Crippen molar-refractivity contribution in [2.45, 2.75) is 24.2 Å². The number of hydrogen-bond donors (Lipinski definition) is 0. The molecule has 1 amide bonds. The lowest BCUT2D eigenvalue weighted by Crippen LogP contribution is -2.30. The van der Waals surface area contributed by atoms with Crippen LogP contribution in [0.4, 0.5) is 0 Å². The maximum Gasteiger partial charge on any atom is 0.236 e. The quantitative estimate of drug-likeness (QED) is 0.771. The molecule has 2 rings (SSSR count). The lowest BCUT2D eigenvalue weighted by Gasteiger charge is -2.23. The Morgan fingerprint density at radius 1 is 1.60 bits per heavy atom. The van der Waals surface area contributed by atoms with Gasteiger partial charge >= 0.3 is 0 Å². The van der Waals surface area contributed by atoms with Crippen molar-refractivity contribution in [3.05, 3.63) is 30.1 Å². The first-order valence-corrected chi connectivity index (χ1v) is 5.97. The van der Waals surface area contributed by atoms with E-state index in [9.17, 15) is 4.79 Å². The fourth-order valence-corrected chi connectivity index (χ4v) is 2.30. The Balaban J connectivity index is 2.16. The summed E-state index contributed by atoms with van der Waals surface area (Å²) in [5.41, 5.74) is 0.951. The molecule has 2 unspecified atom stereocenters. The van der Waals surface area contributed by atoms with Gasteiger partial charge in [-0.1, -0.05) is 22.0 Å². The molecule has 0 bridgehead atoms.